The highest BCUT2D eigenvalue weighted by atomic mass is 16.5. The Morgan fingerprint density at radius 2 is 2.40 bits per heavy atom. The molecule has 2 N–H and O–H groups in total. The summed E-state index contributed by atoms with van der Waals surface area (Å²) in [5, 5.41) is 5.26. The molecule has 15 heavy (non-hydrogen) atoms. The van der Waals surface area contributed by atoms with Crippen molar-refractivity contribution in [2.24, 2.45) is 0 Å². The van der Waals surface area contributed by atoms with Gasteiger partial charge in [-0.2, -0.15) is 0 Å². The zero-order chi connectivity index (χ0) is 10.7. The molecule has 0 atom stereocenters. The van der Waals surface area contributed by atoms with Crippen molar-refractivity contribution in [2.75, 3.05) is 13.7 Å². The number of carbonyl (C=O) groups is 1. The first kappa shape index (κ1) is 9.83. The molecule has 0 aromatic heterocycles. The minimum Gasteiger partial charge on any atom is -0.493 e. The fourth-order valence-corrected chi connectivity index (χ4v) is 1.62. The van der Waals surface area contributed by atoms with E-state index < -0.39 is 0 Å². The van der Waals surface area contributed by atoms with Gasteiger partial charge in [-0.15, -0.1) is 0 Å². The van der Waals surface area contributed by atoms with Crippen LogP contribution in [0.5, 0.6) is 5.75 Å². The van der Waals surface area contributed by atoms with Gasteiger partial charge in [-0.25, -0.2) is 4.79 Å². The zero-order valence-electron chi connectivity index (χ0n) is 8.67. The Hall–Kier alpha value is -1.71. The van der Waals surface area contributed by atoms with E-state index in [-0.39, 0.29) is 6.03 Å². The van der Waals surface area contributed by atoms with Gasteiger partial charge in [0.15, 0.2) is 0 Å². The maximum atomic E-state index is 11.0. The van der Waals surface area contributed by atoms with Crippen LogP contribution >= 0.6 is 0 Å². The zero-order valence-corrected chi connectivity index (χ0v) is 8.67. The molecule has 4 heteroatoms. The Bertz CT molecular complexity index is 377. The second-order valence-electron chi connectivity index (χ2n) is 3.47. The molecular weight excluding hydrogens is 192 g/mol. The van der Waals surface area contributed by atoms with Crippen LogP contribution < -0.4 is 15.4 Å². The summed E-state index contributed by atoms with van der Waals surface area (Å²) >= 11 is 0. The number of nitrogens with one attached hydrogen (secondary N) is 2. The Morgan fingerprint density at radius 1 is 1.53 bits per heavy atom. The molecule has 0 unspecified atom stereocenters. The third-order valence-electron chi connectivity index (χ3n) is 2.43. The molecule has 0 spiro atoms. The highest BCUT2D eigenvalue weighted by molar-refractivity contribution is 5.73. The molecule has 0 saturated carbocycles. The number of benzene rings is 1. The molecule has 1 aromatic carbocycles. The molecule has 1 aliphatic heterocycles. The normalized spacial score (nSPS) is 12.9. The third kappa shape index (κ3) is 2.21. The van der Waals surface area contributed by atoms with Crippen LogP contribution in [0.15, 0.2) is 18.2 Å². The molecule has 2 amide bonds. The van der Waals surface area contributed by atoms with Crippen LogP contribution in [0.1, 0.15) is 11.1 Å². The molecule has 0 radical (unpaired) electrons. The number of hydrogen-bond donors (Lipinski definition) is 2. The first-order valence-corrected chi connectivity index (χ1v) is 5.00. The summed E-state index contributed by atoms with van der Waals surface area (Å²) in [6.07, 6.45) is 0.961. The van der Waals surface area contributed by atoms with Gasteiger partial charge in [-0.3, -0.25) is 0 Å². The fourth-order valence-electron chi connectivity index (χ4n) is 1.62. The van der Waals surface area contributed by atoms with Gasteiger partial charge >= 0.3 is 6.03 Å². The van der Waals surface area contributed by atoms with Gasteiger partial charge < -0.3 is 15.4 Å². The van der Waals surface area contributed by atoms with Crippen molar-refractivity contribution < 1.29 is 9.53 Å². The summed E-state index contributed by atoms with van der Waals surface area (Å²) in [4.78, 5) is 11.0. The quantitative estimate of drug-likeness (QED) is 0.760. The first-order valence-electron chi connectivity index (χ1n) is 5.00. The van der Waals surface area contributed by atoms with Crippen LogP contribution in [0.2, 0.25) is 0 Å². The monoisotopic (exact) mass is 206 g/mol. The van der Waals surface area contributed by atoms with Gasteiger partial charge in [0.05, 0.1) is 6.61 Å². The largest absolute Gasteiger partial charge is 0.493 e. The summed E-state index contributed by atoms with van der Waals surface area (Å²) < 4.78 is 5.40. The Morgan fingerprint density at radius 3 is 3.20 bits per heavy atom. The molecule has 1 aliphatic rings. The van der Waals surface area contributed by atoms with Crippen molar-refractivity contribution in [3.8, 4) is 5.75 Å². The Balaban J connectivity index is 2.01. The second kappa shape index (κ2) is 4.21. The first-order chi connectivity index (χ1) is 7.29. The van der Waals surface area contributed by atoms with E-state index in [1.165, 1.54) is 5.56 Å². The van der Waals surface area contributed by atoms with E-state index in [0.717, 1.165) is 24.3 Å². The predicted molar refractivity (Wildman–Crippen MR) is 56.9 cm³/mol. The summed E-state index contributed by atoms with van der Waals surface area (Å²) in [7, 11) is 1.60. The van der Waals surface area contributed by atoms with Gasteiger partial charge in [-0.05, 0) is 17.2 Å². The average molecular weight is 206 g/mol. The Labute approximate surface area is 88.6 Å². The van der Waals surface area contributed by atoms with E-state index in [9.17, 15) is 4.79 Å². The van der Waals surface area contributed by atoms with Crippen LogP contribution in [0.4, 0.5) is 4.79 Å². The topological polar surface area (TPSA) is 50.4 Å². The molecule has 0 bridgehead atoms. The number of rotatable bonds is 2. The van der Waals surface area contributed by atoms with Crippen molar-refractivity contribution >= 4 is 6.03 Å². The van der Waals surface area contributed by atoms with Gasteiger partial charge in [-0.1, -0.05) is 12.1 Å². The van der Waals surface area contributed by atoms with Crippen LogP contribution in [-0.4, -0.2) is 19.7 Å². The number of fused-ring (bicyclic) bond motifs is 1. The van der Waals surface area contributed by atoms with Gasteiger partial charge in [0.1, 0.15) is 5.75 Å². The maximum absolute atomic E-state index is 11.0. The van der Waals surface area contributed by atoms with E-state index >= 15 is 0 Å². The van der Waals surface area contributed by atoms with Crippen molar-refractivity contribution in [3.63, 3.8) is 0 Å². The number of urea groups is 1. The minimum atomic E-state index is -0.160. The van der Waals surface area contributed by atoms with E-state index in [2.05, 4.69) is 16.7 Å². The summed E-state index contributed by atoms with van der Waals surface area (Å²) in [6, 6.07) is 5.86. The number of carbonyl (C=O) groups excluding carboxylic acids is 1. The molecule has 0 fully saturated rings. The lowest BCUT2D eigenvalue weighted by Gasteiger charge is -2.05. The van der Waals surface area contributed by atoms with E-state index in [1.54, 1.807) is 7.05 Å². The van der Waals surface area contributed by atoms with Crippen molar-refractivity contribution in [1.82, 2.24) is 10.6 Å². The van der Waals surface area contributed by atoms with Crippen LogP contribution in [-0.2, 0) is 13.0 Å². The lowest BCUT2D eigenvalue weighted by Crippen LogP contribution is -2.32. The molecule has 1 aromatic rings. The van der Waals surface area contributed by atoms with Gasteiger partial charge in [0, 0.05) is 20.0 Å². The summed E-state index contributed by atoms with van der Waals surface area (Å²) in [5.74, 6) is 0.971. The lowest BCUT2D eigenvalue weighted by molar-refractivity contribution is 0.242. The smallest absolute Gasteiger partial charge is 0.314 e. The van der Waals surface area contributed by atoms with Crippen LogP contribution in [0.3, 0.4) is 0 Å². The second-order valence-corrected chi connectivity index (χ2v) is 3.47. The van der Waals surface area contributed by atoms with Crippen molar-refractivity contribution in [2.45, 2.75) is 13.0 Å². The number of amides is 2. The SMILES string of the molecule is CNC(=O)NCc1ccc2c(c1)CCO2. The van der Waals surface area contributed by atoms with Gasteiger partial charge in [0.2, 0.25) is 0 Å². The van der Waals surface area contributed by atoms with E-state index in [0.29, 0.717) is 6.54 Å². The van der Waals surface area contributed by atoms with Gasteiger partial charge in [0.25, 0.3) is 0 Å². The average Bonchev–Trinajstić information content (AvgIpc) is 2.72. The molecular formula is C11H14N2O2. The molecule has 0 saturated heterocycles. The summed E-state index contributed by atoms with van der Waals surface area (Å²) in [6.45, 7) is 1.31. The number of hydrogen-bond acceptors (Lipinski definition) is 2. The van der Waals surface area contributed by atoms with E-state index in [4.69, 9.17) is 4.74 Å². The molecule has 1 heterocycles. The fraction of sp³-hybridized carbons (Fsp3) is 0.364. The minimum absolute atomic E-state index is 0.160. The standard InChI is InChI=1S/C11H14N2O2/c1-12-11(14)13-7-8-2-3-10-9(6-8)4-5-15-10/h2-3,6H,4-5,7H2,1H3,(H2,12,13,14). The summed E-state index contributed by atoms with van der Waals surface area (Å²) in [5.41, 5.74) is 2.33. The molecule has 4 nitrogen and oxygen atoms in total. The predicted octanol–water partition coefficient (Wildman–Crippen LogP) is 1.05. The van der Waals surface area contributed by atoms with Crippen LogP contribution in [0.25, 0.3) is 0 Å². The third-order valence-corrected chi connectivity index (χ3v) is 2.43. The Kier molecular flexibility index (Phi) is 2.76. The van der Waals surface area contributed by atoms with E-state index in [1.807, 2.05) is 12.1 Å². The molecule has 0 aliphatic carbocycles. The van der Waals surface area contributed by atoms with Crippen LogP contribution in [0, 0.1) is 0 Å². The molecule has 80 valence electrons. The van der Waals surface area contributed by atoms with Crippen molar-refractivity contribution in [1.29, 1.82) is 0 Å². The highest BCUT2D eigenvalue weighted by Gasteiger charge is 2.11. The highest BCUT2D eigenvalue weighted by Crippen LogP contribution is 2.25. The molecule has 2 rings (SSSR count). The maximum Gasteiger partial charge on any atom is 0.314 e. The lowest BCUT2D eigenvalue weighted by atomic mass is 10.1. The number of ether oxygens (including phenoxy) is 1. The van der Waals surface area contributed by atoms with Crippen molar-refractivity contribution in [3.05, 3.63) is 29.3 Å².